The molecule has 0 aromatic carbocycles. The van der Waals surface area contributed by atoms with Gasteiger partial charge in [-0.3, -0.25) is 19.2 Å². The van der Waals surface area contributed by atoms with E-state index in [9.17, 15) is 29.1 Å². The van der Waals surface area contributed by atoms with Crippen LogP contribution in [0.4, 0.5) is 0 Å². The Morgan fingerprint density at radius 2 is 1.19 bits per heavy atom. The first kappa shape index (κ1) is 29.3. The minimum atomic E-state index is -1.33. The van der Waals surface area contributed by atoms with Crippen molar-refractivity contribution >= 4 is 29.7 Å². The summed E-state index contributed by atoms with van der Waals surface area (Å²) in [6.45, 7) is 10.7. The number of carboxylic acid groups (broad SMARTS) is 2. The van der Waals surface area contributed by atoms with Crippen molar-refractivity contribution in [1.29, 1.82) is 0 Å². The molecule has 0 aliphatic heterocycles. The Morgan fingerprint density at radius 3 is 1.59 bits per heavy atom. The average molecular weight is 459 g/mol. The van der Waals surface area contributed by atoms with Crippen molar-refractivity contribution < 1.29 is 34.2 Å². The number of carbonyl (C=O) groups excluding carboxylic acids is 3. The topological polar surface area (TPSA) is 188 Å². The highest BCUT2D eigenvalue weighted by atomic mass is 16.4. The summed E-state index contributed by atoms with van der Waals surface area (Å²) in [6, 6.07) is -4.49. The van der Waals surface area contributed by atoms with Gasteiger partial charge in [-0.25, -0.2) is 4.79 Å². The molecule has 0 saturated carbocycles. The lowest BCUT2D eigenvalue weighted by Crippen LogP contribution is -2.58. The SMILES string of the molecule is CC(C)CC(NC(=O)C(CC(C)C)NC(=O)C(NC(=O)C(N)CC(=O)O)C(C)C)C(=O)O. The molecule has 32 heavy (non-hydrogen) atoms. The molecular weight excluding hydrogens is 420 g/mol. The van der Waals surface area contributed by atoms with Gasteiger partial charge < -0.3 is 31.9 Å². The molecule has 0 spiro atoms. The maximum Gasteiger partial charge on any atom is 0.326 e. The van der Waals surface area contributed by atoms with Gasteiger partial charge in [-0.1, -0.05) is 41.5 Å². The predicted molar refractivity (Wildman–Crippen MR) is 117 cm³/mol. The minimum Gasteiger partial charge on any atom is -0.481 e. The van der Waals surface area contributed by atoms with Crippen molar-refractivity contribution in [1.82, 2.24) is 16.0 Å². The van der Waals surface area contributed by atoms with Crippen molar-refractivity contribution in [2.75, 3.05) is 0 Å². The van der Waals surface area contributed by atoms with Crippen LogP contribution in [0.2, 0.25) is 0 Å². The zero-order valence-corrected chi connectivity index (χ0v) is 19.7. The first-order valence-corrected chi connectivity index (χ1v) is 10.8. The summed E-state index contributed by atoms with van der Waals surface area (Å²) in [5.74, 6) is -4.83. The Morgan fingerprint density at radius 1 is 0.719 bits per heavy atom. The lowest BCUT2D eigenvalue weighted by molar-refractivity contribution is -0.143. The average Bonchev–Trinajstić information content (AvgIpc) is 2.62. The van der Waals surface area contributed by atoms with E-state index < -0.39 is 60.2 Å². The Bertz CT molecular complexity index is 679. The molecule has 0 aromatic heterocycles. The Balaban J connectivity index is 5.44. The summed E-state index contributed by atoms with van der Waals surface area (Å²) in [6.07, 6.45) is -0.110. The van der Waals surface area contributed by atoms with Gasteiger partial charge in [0.1, 0.15) is 18.1 Å². The van der Waals surface area contributed by atoms with Gasteiger partial charge in [0.05, 0.1) is 12.5 Å². The van der Waals surface area contributed by atoms with Gasteiger partial charge in [0.15, 0.2) is 0 Å². The number of amides is 3. The molecule has 0 heterocycles. The highest BCUT2D eigenvalue weighted by Gasteiger charge is 2.32. The number of rotatable bonds is 14. The molecule has 11 heteroatoms. The van der Waals surface area contributed by atoms with Gasteiger partial charge in [0, 0.05) is 0 Å². The first-order valence-electron chi connectivity index (χ1n) is 10.8. The molecule has 0 saturated heterocycles. The molecule has 7 N–H and O–H groups in total. The van der Waals surface area contributed by atoms with Crippen molar-refractivity contribution in [2.45, 2.75) is 85.0 Å². The third-order valence-corrected chi connectivity index (χ3v) is 4.64. The Hall–Kier alpha value is -2.69. The van der Waals surface area contributed by atoms with Gasteiger partial charge in [-0.2, -0.15) is 0 Å². The number of hydrogen-bond donors (Lipinski definition) is 6. The lowest BCUT2D eigenvalue weighted by Gasteiger charge is -2.27. The molecule has 0 rings (SSSR count). The first-order chi connectivity index (χ1) is 14.6. The van der Waals surface area contributed by atoms with Crippen LogP contribution < -0.4 is 21.7 Å². The summed E-state index contributed by atoms with van der Waals surface area (Å²) < 4.78 is 0. The molecular formula is C21H38N4O7. The van der Waals surface area contributed by atoms with Crippen LogP contribution in [0.3, 0.4) is 0 Å². The quantitative estimate of drug-likeness (QED) is 0.211. The highest BCUT2D eigenvalue weighted by Crippen LogP contribution is 2.10. The third kappa shape index (κ3) is 11.1. The number of aliphatic carboxylic acids is 2. The van der Waals surface area contributed by atoms with Crippen LogP contribution in [0.25, 0.3) is 0 Å². The molecule has 0 bridgehead atoms. The van der Waals surface area contributed by atoms with Crippen LogP contribution in [0.15, 0.2) is 0 Å². The van der Waals surface area contributed by atoms with Gasteiger partial charge in [0.2, 0.25) is 17.7 Å². The molecule has 0 aromatic rings. The van der Waals surface area contributed by atoms with E-state index in [1.807, 2.05) is 27.7 Å². The van der Waals surface area contributed by atoms with E-state index in [2.05, 4.69) is 16.0 Å². The third-order valence-electron chi connectivity index (χ3n) is 4.64. The van der Waals surface area contributed by atoms with E-state index >= 15 is 0 Å². The number of nitrogens with two attached hydrogens (primary N) is 1. The van der Waals surface area contributed by atoms with E-state index in [1.165, 1.54) is 0 Å². The van der Waals surface area contributed by atoms with Crippen molar-refractivity contribution in [3.63, 3.8) is 0 Å². The van der Waals surface area contributed by atoms with E-state index in [-0.39, 0.29) is 30.6 Å². The minimum absolute atomic E-state index is 0.00973. The highest BCUT2D eigenvalue weighted by molar-refractivity contribution is 5.94. The molecule has 0 aliphatic carbocycles. The van der Waals surface area contributed by atoms with E-state index in [4.69, 9.17) is 10.8 Å². The second-order valence-electron chi connectivity index (χ2n) is 9.15. The van der Waals surface area contributed by atoms with E-state index in [1.54, 1.807) is 13.8 Å². The molecule has 11 nitrogen and oxygen atoms in total. The lowest BCUT2D eigenvalue weighted by atomic mass is 9.98. The fraction of sp³-hybridized carbons (Fsp3) is 0.762. The largest absolute Gasteiger partial charge is 0.481 e. The number of nitrogens with one attached hydrogen (secondary N) is 3. The van der Waals surface area contributed by atoms with E-state index in [0.29, 0.717) is 0 Å². The van der Waals surface area contributed by atoms with Crippen LogP contribution in [0.5, 0.6) is 0 Å². The Kier molecular flexibility index (Phi) is 12.5. The molecule has 4 atom stereocenters. The summed E-state index contributed by atoms with van der Waals surface area (Å²) >= 11 is 0. The molecule has 0 radical (unpaired) electrons. The second-order valence-corrected chi connectivity index (χ2v) is 9.15. The summed E-state index contributed by atoms with van der Waals surface area (Å²) in [5.41, 5.74) is 5.56. The maximum absolute atomic E-state index is 12.9. The molecule has 3 amide bonds. The zero-order chi connectivity index (χ0) is 25.2. The fourth-order valence-corrected chi connectivity index (χ4v) is 3.01. The van der Waals surface area contributed by atoms with Crippen molar-refractivity contribution in [3.05, 3.63) is 0 Å². The number of hydrogen-bond acceptors (Lipinski definition) is 6. The predicted octanol–water partition coefficient (Wildman–Crippen LogP) is 0.0756. The number of carboxylic acids is 2. The summed E-state index contributed by atoms with van der Waals surface area (Å²) in [7, 11) is 0. The molecule has 4 unspecified atom stereocenters. The standard InChI is InChI=1S/C21H38N4O7/c1-10(2)7-14(19(29)24-15(21(31)32)8-11(3)4)23-20(30)17(12(5)6)25-18(28)13(22)9-16(26)27/h10-15,17H,7-9,22H2,1-6H3,(H,23,30)(H,24,29)(H,25,28)(H,26,27)(H,31,32). The van der Waals surface area contributed by atoms with Crippen molar-refractivity contribution in [3.8, 4) is 0 Å². The van der Waals surface area contributed by atoms with Crippen LogP contribution in [0, 0.1) is 17.8 Å². The van der Waals surface area contributed by atoms with Crippen LogP contribution in [-0.4, -0.2) is 64.0 Å². The molecule has 0 fully saturated rings. The monoisotopic (exact) mass is 458 g/mol. The van der Waals surface area contributed by atoms with E-state index in [0.717, 1.165) is 0 Å². The Labute approximate surface area is 188 Å². The van der Waals surface area contributed by atoms with Gasteiger partial charge in [0.25, 0.3) is 0 Å². The van der Waals surface area contributed by atoms with Crippen molar-refractivity contribution in [2.24, 2.45) is 23.5 Å². The molecule has 184 valence electrons. The molecule has 0 aliphatic rings. The van der Waals surface area contributed by atoms with Gasteiger partial charge in [-0.15, -0.1) is 0 Å². The number of carbonyl (C=O) groups is 5. The zero-order valence-electron chi connectivity index (χ0n) is 19.7. The normalized spacial score (nSPS) is 15.1. The van der Waals surface area contributed by atoms with Crippen LogP contribution in [-0.2, 0) is 24.0 Å². The fourth-order valence-electron chi connectivity index (χ4n) is 3.01. The maximum atomic E-state index is 12.9. The second kappa shape index (κ2) is 13.7. The van der Waals surface area contributed by atoms with Gasteiger partial charge >= 0.3 is 11.9 Å². The summed E-state index contributed by atoms with van der Waals surface area (Å²) in [5, 5.41) is 25.7. The smallest absolute Gasteiger partial charge is 0.326 e. The van der Waals surface area contributed by atoms with Crippen LogP contribution >= 0.6 is 0 Å². The van der Waals surface area contributed by atoms with Crippen LogP contribution in [0.1, 0.15) is 60.8 Å². The van der Waals surface area contributed by atoms with Gasteiger partial charge in [-0.05, 0) is 30.6 Å². The summed E-state index contributed by atoms with van der Waals surface area (Å²) in [4.78, 5) is 60.1.